The molecule has 27 heavy (non-hydrogen) atoms. The van der Waals surface area contributed by atoms with Gasteiger partial charge in [-0.3, -0.25) is 9.69 Å². The van der Waals surface area contributed by atoms with Gasteiger partial charge in [-0.2, -0.15) is 0 Å². The highest BCUT2D eigenvalue weighted by molar-refractivity contribution is 9.10. The number of anilines is 1. The maximum Gasteiger partial charge on any atom is 0.241 e. The molecular weight excluding hydrogens is 430 g/mol. The Balaban J connectivity index is 1.55. The molecule has 1 aliphatic carbocycles. The van der Waals surface area contributed by atoms with Crippen molar-refractivity contribution in [1.82, 2.24) is 9.62 Å². The first-order valence-electron chi connectivity index (χ1n) is 9.78. The molecule has 6 nitrogen and oxygen atoms in total. The molecule has 0 bridgehead atoms. The number of benzene rings is 1. The number of rotatable bonds is 6. The first kappa shape index (κ1) is 19.4. The van der Waals surface area contributed by atoms with E-state index in [-0.39, 0.29) is 22.8 Å². The summed E-state index contributed by atoms with van der Waals surface area (Å²) in [7, 11) is -3.65. The summed E-state index contributed by atoms with van der Waals surface area (Å²) in [6.07, 6.45) is 4.80. The lowest BCUT2D eigenvalue weighted by molar-refractivity contribution is -0.119. The summed E-state index contributed by atoms with van der Waals surface area (Å²) in [4.78, 5) is 16.8. The van der Waals surface area contributed by atoms with Gasteiger partial charge in [0.2, 0.25) is 15.9 Å². The fourth-order valence-corrected chi connectivity index (χ4v) is 6.38. The van der Waals surface area contributed by atoms with E-state index in [1.54, 1.807) is 11.0 Å². The zero-order valence-electron chi connectivity index (χ0n) is 15.6. The number of likely N-dealkylation sites (tertiary alicyclic amines) is 1. The molecule has 1 amide bonds. The molecule has 1 aromatic rings. The van der Waals surface area contributed by atoms with Gasteiger partial charge >= 0.3 is 0 Å². The highest BCUT2D eigenvalue weighted by Gasteiger charge is 2.37. The van der Waals surface area contributed by atoms with Gasteiger partial charge in [-0.1, -0.05) is 6.92 Å². The second-order valence-electron chi connectivity index (χ2n) is 7.70. The molecule has 3 aliphatic rings. The molecule has 1 saturated carbocycles. The maximum atomic E-state index is 13.0. The SMILES string of the molecule is CCN1CCCC1CNS(=O)(=O)c1cc2c(cc1Br)CCN2C(=O)C1CC1. The lowest BCUT2D eigenvalue weighted by atomic mass is 10.2. The standard InChI is InChI=1S/C19H26BrN3O3S/c1-2-22-8-3-4-15(22)12-21-27(25,26)18-11-17-14(10-16(18)20)7-9-23(17)19(24)13-5-6-13/h10-11,13,15,21H,2-9,12H2,1H3. The second-order valence-corrected chi connectivity index (χ2v) is 10.3. The summed E-state index contributed by atoms with van der Waals surface area (Å²) < 4.78 is 29.3. The van der Waals surface area contributed by atoms with Crippen molar-refractivity contribution in [3.63, 3.8) is 0 Å². The van der Waals surface area contributed by atoms with Crippen LogP contribution in [-0.2, 0) is 21.2 Å². The van der Waals surface area contributed by atoms with Gasteiger partial charge in [-0.05, 0) is 78.8 Å². The molecule has 2 fully saturated rings. The lowest BCUT2D eigenvalue weighted by Crippen LogP contribution is -2.40. The number of hydrogen-bond donors (Lipinski definition) is 1. The van der Waals surface area contributed by atoms with Gasteiger partial charge in [-0.15, -0.1) is 0 Å². The molecule has 0 radical (unpaired) electrons. The van der Waals surface area contributed by atoms with E-state index in [2.05, 4.69) is 32.5 Å². The molecule has 0 aromatic heterocycles. The normalized spacial score (nSPS) is 23.0. The maximum absolute atomic E-state index is 13.0. The third-order valence-electron chi connectivity index (χ3n) is 5.93. The van der Waals surface area contributed by atoms with Crippen molar-refractivity contribution in [3.8, 4) is 0 Å². The number of nitrogens with zero attached hydrogens (tertiary/aromatic N) is 2. The summed E-state index contributed by atoms with van der Waals surface area (Å²) in [5, 5.41) is 0. The first-order chi connectivity index (χ1) is 12.9. The van der Waals surface area contributed by atoms with Crippen LogP contribution in [0.1, 0.15) is 38.2 Å². The Labute approximate surface area is 169 Å². The van der Waals surface area contributed by atoms with Crippen molar-refractivity contribution in [2.75, 3.05) is 31.1 Å². The van der Waals surface area contributed by atoms with Crippen LogP contribution < -0.4 is 9.62 Å². The molecule has 2 aliphatic heterocycles. The van der Waals surface area contributed by atoms with Crippen LogP contribution in [0.25, 0.3) is 0 Å². The van der Waals surface area contributed by atoms with Crippen LogP contribution >= 0.6 is 15.9 Å². The third kappa shape index (κ3) is 3.81. The summed E-state index contributed by atoms with van der Waals surface area (Å²) in [5.41, 5.74) is 1.79. The molecule has 1 atom stereocenters. The number of carbonyl (C=O) groups excluding carboxylic acids is 1. The fraction of sp³-hybridized carbons (Fsp3) is 0.632. The van der Waals surface area contributed by atoms with Gasteiger partial charge in [-0.25, -0.2) is 13.1 Å². The van der Waals surface area contributed by atoms with Crippen molar-refractivity contribution >= 4 is 37.5 Å². The Kier molecular flexibility index (Phi) is 5.35. The number of amides is 1. The molecule has 1 aromatic carbocycles. The first-order valence-corrected chi connectivity index (χ1v) is 12.1. The molecule has 1 saturated heterocycles. The highest BCUT2D eigenvalue weighted by atomic mass is 79.9. The molecule has 1 unspecified atom stereocenters. The molecule has 0 spiro atoms. The van der Waals surface area contributed by atoms with Crippen LogP contribution in [0.4, 0.5) is 5.69 Å². The Bertz CT molecular complexity index is 854. The van der Waals surface area contributed by atoms with E-state index in [4.69, 9.17) is 0 Å². The van der Waals surface area contributed by atoms with Crippen molar-refractivity contribution in [2.24, 2.45) is 5.92 Å². The minimum Gasteiger partial charge on any atom is -0.312 e. The molecule has 2 heterocycles. The highest BCUT2D eigenvalue weighted by Crippen LogP contribution is 2.39. The van der Waals surface area contributed by atoms with Crippen LogP contribution in [0.2, 0.25) is 0 Å². The Morgan fingerprint density at radius 2 is 2.04 bits per heavy atom. The summed E-state index contributed by atoms with van der Waals surface area (Å²) in [6, 6.07) is 3.78. The zero-order chi connectivity index (χ0) is 19.2. The molecule has 148 valence electrons. The van der Waals surface area contributed by atoms with Crippen molar-refractivity contribution in [3.05, 3.63) is 22.2 Å². The molecule has 4 rings (SSSR count). The monoisotopic (exact) mass is 455 g/mol. The second kappa shape index (κ2) is 7.46. The van der Waals surface area contributed by atoms with Gasteiger partial charge < -0.3 is 4.90 Å². The average molecular weight is 456 g/mol. The average Bonchev–Trinajstić information content (AvgIpc) is 3.25. The number of likely N-dealkylation sites (N-methyl/N-ethyl adjacent to an activating group) is 1. The quantitative estimate of drug-likeness (QED) is 0.715. The van der Waals surface area contributed by atoms with Crippen molar-refractivity contribution in [2.45, 2.75) is 50.0 Å². The van der Waals surface area contributed by atoms with Crippen LogP contribution in [0.3, 0.4) is 0 Å². The van der Waals surface area contributed by atoms with Gasteiger partial charge in [0.1, 0.15) is 0 Å². The van der Waals surface area contributed by atoms with Gasteiger partial charge in [0.25, 0.3) is 0 Å². The van der Waals surface area contributed by atoms with E-state index < -0.39 is 10.0 Å². The number of sulfonamides is 1. The summed E-state index contributed by atoms with van der Waals surface area (Å²) in [5.74, 6) is 0.261. The third-order valence-corrected chi connectivity index (χ3v) is 8.31. The van der Waals surface area contributed by atoms with E-state index in [1.807, 2.05) is 6.07 Å². The predicted octanol–water partition coefficient (Wildman–Crippen LogP) is 2.51. The smallest absolute Gasteiger partial charge is 0.241 e. The minimum absolute atomic E-state index is 0.125. The Morgan fingerprint density at radius 3 is 2.74 bits per heavy atom. The van der Waals surface area contributed by atoms with Gasteiger partial charge in [0, 0.05) is 35.2 Å². The van der Waals surface area contributed by atoms with Gasteiger partial charge in [0.15, 0.2) is 0 Å². The molecule has 1 N–H and O–H groups in total. The fourth-order valence-electron chi connectivity index (χ4n) is 4.20. The largest absolute Gasteiger partial charge is 0.312 e. The van der Waals surface area contributed by atoms with E-state index in [1.165, 1.54) is 0 Å². The minimum atomic E-state index is -3.65. The van der Waals surface area contributed by atoms with E-state index in [9.17, 15) is 13.2 Å². The van der Waals surface area contributed by atoms with Gasteiger partial charge in [0.05, 0.1) is 4.90 Å². The zero-order valence-corrected chi connectivity index (χ0v) is 18.0. The van der Waals surface area contributed by atoms with Crippen molar-refractivity contribution in [1.29, 1.82) is 0 Å². The van der Waals surface area contributed by atoms with E-state index in [0.29, 0.717) is 17.6 Å². The number of nitrogens with one attached hydrogen (secondary N) is 1. The predicted molar refractivity (Wildman–Crippen MR) is 108 cm³/mol. The topological polar surface area (TPSA) is 69.7 Å². The Morgan fingerprint density at radius 1 is 1.26 bits per heavy atom. The Hall–Kier alpha value is -0.960. The van der Waals surface area contributed by atoms with Crippen LogP contribution in [0.5, 0.6) is 0 Å². The van der Waals surface area contributed by atoms with E-state index in [0.717, 1.165) is 56.4 Å². The van der Waals surface area contributed by atoms with Crippen LogP contribution in [0, 0.1) is 5.92 Å². The lowest BCUT2D eigenvalue weighted by Gasteiger charge is -2.23. The molecule has 8 heteroatoms. The summed E-state index contributed by atoms with van der Waals surface area (Å²) >= 11 is 3.43. The van der Waals surface area contributed by atoms with E-state index >= 15 is 0 Å². The van der Waals surface area contributed by atoms with Crippen LogP contribution in [-0.4, -0.2) is 51.4 Å². The number of halogens is 1. The summed E-state index contributed by atoms with van der Waals surface area (Å²) in [6.45, 7) is 5.14. The van der Waals surface area contributed by atoms with Crippen molar-refractivity contribution < 1.29 is 13.2 Å². The molecular formula is C19H26BrN3O3S. The number of hydrogen-bond acceptors (Lipinski definition) is 4. The number of carbonyl (C=O) groups is 1. The number of fused-ring (bicyclic) bond motifs is 1. The van der Waals surface area contributed by atoms with Crippen LogP contribution in [0.15, 0.2) is 21.5 Å².